The first kappa shape index (κ1) is 28.6. The first-order valence-corrected chi connectivity index (χ1v) is 12.3. The normalized spacial score (nSPS) is 9.47. The van der Waals surface area contributed by atoms with Crippen molar-refractivity contribution in [2.75, 3.05) is 0 Å². The summed E-state index contributed by atoms with van der Waals surface area (Å²) in [6.45, 7) is 0. The van der Waals surface area contributed by atoms with E-state index in [4.69, 9.17) is 15.3 Å². The minimum atomic E-state index is -1.75. The van der Waals surface area contributed by atoms with Gasteiger partial charge in [0, 0.05) is 12.4 Å². The molecule has 0 N–H and O–H groups in total. The van der Waals surface area contributed by atoms with Crippen LogP contribution in [0.5, 0.6) is 0 Å². The molecule has 0 amide bonds. The number of nitrogens with zero attached hydrogens (tertiary/aromatic N) is 3. The van der Waals surface area contributed by atoms with Gasteiger partial charge in [-0.25, -0.2) is 0 Å². The predicted molar refractivity (Wildman–Crippen MR) is 144 cm³/mol. The molecule has 0 bridgehead atoms. The zero-order chi connectivity index (χ0) is 24.7. The Labute approximate surface area is 227 Å². The molecular weight excluding hydrogens is 565 g/mol. The van der Waals surface area contributed by atoms with Gasteiger partial charge >= 0.3 is 22.4 Å². The smallest absolute Gasteiger partial charge is 0.356 e. The van der Waals surface area contributed by atoms with Crippen molar-refractivity contribution >= 4 is 23.8 Å². The van der Waals surface area contributed by atoms with Crippen LogP contribution in [0, 0.1) is 15.3 Å². The van der Waals surface area contributed by atoms with E-state index in [2.05, 4.69) is 101 Å². The van der Waals surface area contributed by atoms with Crippen molar-refractivity contribution < 1.29 is 27.5 Å². The number of pyridine rings is 2. The van der Waals surface area contributed by atoms with Crippen LogP contribution in [0.15, 0.2) is 140 Å². The van der Waals surface area contributed by atoms with Crippen LogP contribution in [0.4, 0.5) is 0 Å². The average Bonchev–Trinajstić information content (AvgIpc) is 2.92. The van der Waals surface area contributed by atoms with Crippen LogP contribution < -0.4 is 15.9 Å². The fourth-order valence-corrected chi connectivity index (χ4v) is 5.92. The zero-order valence-electron chi connectivity index (χ0n) is 19.1. The topological polar surface area (TPSA) is 92.0 Å². The number of rotatable bonds is 4. The van der Waals surface area contributed by atoms with Crippen molar-refractivity contribution in [3.05, 3.63) is 155 Å². The third-order valence-electron chi connectivity index (χ3n) is 4.78. The molecule has 0 atom stereocenters. The fourth-order valence-electron chi connectivity index (χ4n) is 3.34. The molecule has 0 spiro atoms. The standard InChI is InChI=1S/C18H15P.C10H8N2.Ag.NO3/c1-4-10-16(11-5-1)19(17-12-6-2-7-13-17)18-14-8-3-9-15-18;1-3-7-11-9(5-1)10-6-2-4-8-12-10;;2-1(3)4/h1-15H;1-8H;;/q;;+1;-1/p+1. The van der Waals surface area contributed by atoms with Gasteiger partial charge in [-0.3, -0.25) is 9.97 Å². The molecule has 5 aromatic rings. The zero-order valence-corrected chi connectivity index (χ0v) is 21.6. The van der Waals surface area contributed by atoms with Gasteiger partial charge in [-0.05, 0) is 60.7 Å². The third-order valence-corrected chi connectivity index (χ3v) is 7.51. The fraction of sp³-hybridized carbons (Fsp3) is 0. The van der Waals surface area contributed by atoms with Crippen molar-refractivity contribution in [2.24, 2.45) is 0 Å². The van der Waals surface area contributed by atoms with Crippen molar-refractivity contribution in [3.63, 3.8) is 0 Å². The second kappa shape index (κ2) is 16.1. The van der Waals surface area contributed by atoms with Crippen LogP contribution in [-0.4, -0.2) is 15.1 Å². The molecule has 3 aromatic carbocycles. The summed E-state index contributed by atoms with van der Waals surface area (Å²) in [5.74, 6) is 0. The van der Waals surface area contributed by atoms with Crippen LogP contribution in [0.2, 0.25) is 0 Å². The summed E-state index contributed by atoms with van der Waals surface area (Å²) in [6.07, 6.45) is 3.54. The molecule has 0 saturated carbocycles. The molecule has 0 aliphatic heterocycles. The SMILES string of the molecule is O=[N+]([O-])[O-].[Ag+].c1ccc(-c2ccccn2)nc1.c1ccc([PH+](c2ccccc2)c2ccccc2)cc1. The number of hydrogen-bond acceptors (Lipinski definition) is 5. The second-order valence-corrected chi connectivity index (χ2v) is 9.61. The van der Waals surface area contributed by atoms with Crippen molar-refractivity contribution in [2.45, 2.75) is 0 Å². The molecule has 6 nitrogen and oxygen atoms in total. The molecule has 8 heteroatoms. The molecule has 0 unspecified atom stereocenters. The largest absolute Gasteiger partial charge is 1.00 e. The summed E-state index contributed by atoms with van der Waals surface area (Å²) in [7, 11) is -0.877. The summed E-state index contributed by atoms with van der Waals surface area (Å²) < 4.78 is 0. The monoisotopic (exact) mass is 588 g/mol. The Bertz CT molecular complexity index is 1130. The van der Waals surface area contributed by atoms with E-state index in [0.717, 1.165) is 11.4 Å². The molecule has 0 aliphatic carbocycles. The molecule has 184 valence electrons. The molecule has 0 saturated heterocycles. The molecule has 0 fully saturated rings. The van der Waals surface area contributed by atoms with Gasteiger partial charge < -0.3 is 15.3 Å². The number of benzene rings is 3. The first-order valence-electron chi connectivity index (χ1n) is 10.8. The minimum absolute atomic E-state index is 0. The maximum absolute atomic E-state index is 8.25. The molecule has 0 aliphatic rings. The van der Waals surface area contributed by atoms with Crippen molar-refractivity contribution in [3.8, 4) is 11.4 Å². The van der Waals surface area contributed by atoms with E-state index in [1.807, 2.05) is 36.4 Å². The van der Waals surface area contributed by atoms with Gasteiger partial charge in [0.1, 0.15) is 15.9 Å². The summed E-state index contributed by atoms with van der Waals surface area (Å²) >= 11 is 0. The van der Waals surface area contributed by atoms with Gasteiger partial charge in [0.15, 0.2) is 0 Å². The molecule has 0 radical (unpaired) electrons. The Hall–Kier alpha value is -3.67. The Morgan fingerprint density at radius 1 is 0.500 bits per heavy atom. The van der Waals surface area contributed by atoms with E-state index >= 15 is 0 Å². The van der Waals surface area contributed by atoms with E-state index in [-0.39, 0.29) is 22.4 Å². The number of aromatic nitrogens is 2. The quantitative estimate of drug-likeness (QED) is 0.126. The summed E-state index contributed by atoms with van der Waals surface area (Å²) in [5, 5.41) is 19.1. The maximum Gasteiger partial charge on any atom is 1.00 e. The van der Waals surface area contributed by atoms with E-state index in [9.17, 15) is 0 Å². The van der Waals surface area contributed by atoms with Gasteiger partial charge in [0.25, 0.3) is 0 Å². The Morgan fingerprint density at radius 3 is 1.03 bits per heavy atom. The van der Waals surface area contributed by atoms with Gasteiger partial charge in [-0.2, -0.15) is 0 Å². The van der Waals surface area contributed by atoms with Crippen LogP contribution in [0.25, 0.3) is 11.4 Å². The van der Waals surface area contributed by atoms with Gasteiger partial charge in [0.05, 0.1) is 24.4 Å². The van der Waals surface area contributed by atoms with Gasteiger partial charge in [-0.1, -0.05) is 66.7 Å². The minimum Gasteiger partial charge on any atom is -0.356 e. The summed E-state index contributed by atoms with van der Waals surface area (Å²) in [5.41, 5.74) is 1.83. The Kier molecular flexibility index (Phi) is 12.8. The molecule has 2 heterocycles. The first-order chi connectivity index (χ1) is 17.1. The molecular formula is C28H24AgN3O3P+. The Morgan fingerprint density at radius 2 is 0.778 bits per heavy atom. The molecule has 36 heavy (non-hydrogen) atoms. The van der Waals surface area contributed by atoms with Crippen LogP contribution in [0.1, 0.15) is 0 Å². The van der Waals surface area contributed by atoms with Gasteiger partial charge in [0.2, 0.25) is 0 Å². The third kappa shape index (κ3) is 9.53. The van der Waals surface area contributed by atoms with E-state index in [1.165, 1.54) is 15.9 Å². The predicted octanol–water partition coefficient (Wildman–Crippen LogP) is 5.08. The van der Waals surface area contributed by atoms with Crippen LogP contribution in [-0.2, 0) is 22.4 Å². The molecule has 2 aromatic heterocycles. The van der Waals surface area contributed by atoms with Gasteiger partial charge in [-0.15, -0.1) is 0 Å². The van der Waals surface area contributed by atoms with E-state index in [0.29, 0.717) is 0 Å². The van der Waals surface area contributed by atoms with Crippen LogP contribution >= 0.6 is 7.92 Å². The van der Waals surface area contributed by atoms with Crippen molar-refractivity contribution in [1.29, 1.82) is 0 Å². The summed E-state index contributed by atoms with van der Waals surface area (Å²) in [4.78, 5) is 16.6. The molecule has 5 rings (SSSR count). The second-order valence-electron chi connectivity index (χ2n) is 7.13. The van der Waals surface area contributed by atoms with E-state index in [1.54, 1.807) is 12.4 Å². The van der Waals surface area contributed by atoms with Crippen LogP contribution in [0.3, 0.4) is 0 Å². The Balaban J connectivity index is 0.000000231. The van der Waals surface area contributed by atoms with Crippen molar-refractivity contribution in [1.82, 2.24) is 9.97 Å². The van der Waals surface area contributed by atoms with E-state index < -0.39 is 13.0 Å². The summed E-state index contributed by atoms with van der Waals surface area (Å²) in [6, 6.07) is 44.1. The maximum atomic E-state index is 8.25. The number of hydrogen-bond donors (Lipinski definition) is 0. The average molecular weight is 589 g/mol.